The second-order valence-corrected chi connectivity index (χ2v) is 23.7. The van der Waals surface area contributed by atoms with Crippen molar-refractivity contribution in [3.8, 4) is 0 Å². The van der Waals surface area contributed by atoms with Crippen LogP contribution in [0.2, 0.25) is 23.2 Å². The van der Waals surface area contributed by atoms with E-state index in [4.69, 9.17) is 18.3 Å². The second kappa shape index (κ2) is 12.2. The summed E-state index contributed by atoms with van der Waals surface area (Å²) in [4.78, 5) is 12.6. The number of hydrogen-bond acceptors (Lipinski definition) is 5. The molecule has 0 unspecified atom stereocenters. The summed E-state index contributed by atoms with van der Waals surface area (Å²) in [5.74, 6) is -0.218. The highest BCUT2D eigenvalue weighted by Crippen LogP contribution is 2.41. The van der Waals surface area contributed by atoms with Gasteiger partial charge >= 0.3 is 5.97 Å². The number of hydrogen-bond donors (Lipinski definition) is 0. The zero-order chi connectivity index (χ0) is 30.0. The molecule has 0 radical (unpaired) electrons. The molecule has 7 heteroatoms. The number of esters is 1. The van der Waals surface area contributed by atoms with Crippen molar-refractivity contribution in [1.29, 1.82) is 0 Å². The van der Waals surface area contributed by atoms with Crippen LogP contribution in [-0.2, 0) is 23.1 Å². The van der Waals surface area contributed by atoms with Gasteiger partial charge in [-0.25, -0.2) is 0 Å². The van der Waals surface area contributed by atoms with E-state index in [9.17, 15) is 4.79 Å². The lowest BCUT2D eigenvalue weighted by Gasteiger charge is -2.44. The summed E-state index contributed by atoms with van der Waals surface area (Å²) in [6.45, 7) is 24.5. The summed E-state index contributed by atoms with van der Waals surface area (Å²) in [7, 11) is -4.83. The zero-order valence-corrected chi connectivity index (χ0v) is 28.7. The molecule has 3 rings (SSSR count). The first-order valence-corrected chi connectivity index (χ1v) is 19.5. The van der Waals surface area contributed by atoms with Crippen molar-refractivity contribution in [2.75, 3.05) is 6.61 Å². The Morgan fingerprint density at radius 3 is 1.75 bits per heavy atom. The third-order valence-corrected chi connectivity index (χ3v) is 17.8. The van der Waals surface area contributed by atoms with Gasteiger partial charge in [-0.05, 0) is 60.7 Å². The second-order valence-electron chi connectivity index (χ2n) is 14.6. The van der Waals surface area contributed by atoms with Crippen molar-refractivity contribution in [2.24, 2.45) is 0 Å². The van der Waals surface area contributed by atoms with E-state index in [2.05, 4.69) is 115 Å². The van der Waals surface area contributed by atoms with E-state index < -0.39 is 28.3 Å². The molecule has 3 atom stereocenters. The monoisotopic (exact) mass is 584 g/mol. The van der Waals surface area contributed by atoms with Crippen LogP contribution in [0.4, 0.5) is 0 Å². The Bertz CT molecular complexity index is 1060. The van der Waals surface area contributed by atoms with E-state index in [1.165, 1.54) is 10.4 Å². The van der Waals surface area contributed by atoms with Crippen LogP contribution in [0.5, 0.6) is 0 Å². The molecule has 0 spiro atoms. The average Bonchev–Trinajstić information content (AvgIpc) is 3.19. The van der Waals surface area contributed by atoms with E-state index in [0.29, 0.717) is 13.0 Å². The predicted molar refractivity (Wildman–Crippen MR) is 169 cm³/mol. The first-order chi connectivity index (χ1) is 18.4. The van der Waals surface area contributed by atoms with Crippen LogP contribution >= 0.6 is 0 Å². The summed E-state index contributed by atoms with van der Waals surface area (Å²) in [6, 6.07) is 21.3. The Morgan fingerprint density at radius 1 is 0.825 bits per heavy atom. The van der Waals surface area contributed by atoms with Gasteiger partial charge in [-0.15, -0.1) is 0 Å². The number of carbonyl (C=O) groups excluding carboxylic acids is 1. The minimum Gasteiger partial charge on any atom is -0.457 e. The average molecular weight is 585 g/mol. The quantitative estimate of drug-likeness (QED) is 0.226. The highest BCUT2D eigenvalue weighted by atomic mass is 28.4. The van der Waals surface area contributed by atoms with E-state index in [1.807, 2.05) is 20.8 Å². The fourth-order valence-electron chi connectivity index (χ4n) is 5.37. The van der Waals surface area contributed by atoms with Gasteiger partial charge in [0.2, 0.25) is 0 Å². The van der Waals surface area contributed by atoms with Crippen LogP contribution < -0.4 is 10.4 Å². The van der Waals surface area contributed by atoms with E-state index >= 15 is 0 Å². The molecule has 1 saturated heterocycles. The molecular weight excluding hydrogens is 533 g/mol. The molecule has 2 aromatic carbocycles. The Labute approximate surface area is 245 Å². The molecule has 0 aliphatic carbocycles. The highest BCUT2D eigenvalue weighted by Gasteiger charge is 2.51. The molecule has 1 aliphatic rings. The standard InChI is InChI=1S/C33H52O5Si2/c1-31(2,3)37-27(30-28(24-29(34)36-30)38-39(10,11)32(4,5)6)22-23-35-40(33(7,8)9,25-18-14-12-15-19-25)26-20-16-13-17-21-26/h12-21,27-28,30H,22-24H2,1-11H3/t27-,28+,30-/m1/s1. The lowest BCUT2D eigenvalue weighted by Crippen LogP contribution is -2.66. The number of carbonyl (C=O) groups is 1. The minimum atomic E-state index is -2.70. The highest BCUT2D eigenvalue weighted by molar-refractivity contribution is 6.99. The molecule has 40 heavy (non-hydrogen) atoms. The van der Waals surface area contributed by atoms with Gasteiger partial charge in [0, 0.05) is 6.61 Å². The van der Waals surface area contributed by atoms with E-state index in [-0.39, 0.29) is 34.7 Å². The van der Waals surface area contributed by atoms with Crippen LogP contribution in [0.15, 0.2) is 60.7 Å². The molecule has 0 aromatic heterocycles. The predicted octanol–water partition coefficient (Wildman–Crippen LogP) is 6.84. The summed E-state index contributed by atoms with van der Waals surface area (Å²) >= 11 is 0. The molecular formula is C33H52O5Si2. The number of benzene rings is 2. The minimum absolute atomic E-state index is 0.0238. The number of rotatable bonds is 10. The smallest absolute Gasteiger partial charge is 0.308 e. The lowest BCUT2D eigenvalue weighted by atomic mass is 10.0. The summed E-state index contributed by atoms with van der Waals surface area (Å²) in [5, 5.41) is 2.39. The van der Waals surface area contributed by atoms with Crippen LogP contribution in [0.1, 0.15) is 75.2 Å². The summed E-state index contributed by atoms with van der Waals surface area (Å²) in [6.07, 6.45) is -0.287. The van der Waals surface area contributed by atoms with Gasteiger partial charge in [0.05, 0.1) is 24.2 Å². The summed E-state index contributed by atoms with van der Waals surface area (Å²) < 4.78 is 26.5. The molecule has 0 amide bonds. The molecule has 2 aromatic rings. The summed E-state index contributed by atoms with van der Waals surface area (Å²) in [5.41, 5.74) is -0.418. The van der Waals surface area contributed by atoms with Crippen LogP contribution in [0, 0.1) is 0 Å². The van der Waals surface area contributed by atoms with Crippen molar-refractivity contribution in [2.45, 2.75) is 122 Å². The third-order valence-electron chi connectivity index (χ3n) is 8.26. The van der Waals surface area contributed by atoms with Crippen molar-refractivity contribution in [3.63, 3.8) is 0 Å². The SMILES string of the molecule is CC(C)(C)O[C@H](CCO[Si](c1ccccc1)(c1ccccc1)C(C)(C)C)[C@H]1OC(=O)C[C@@H]1O[Si](C)(C)C(C)(C)C. The first-order valence-electron chi connectivity index (χ1n) is 14.7. The van der Waals surface area contributed by atoms with Gasteiger partial charge in [0.15, 0.2) is 14.4 Å². The topological polar surface area (TPSA) is 54.0 Å². The number of cyclic esters (lactones) is 1. The maximum absolute atomic E-state index is 12.6. The molecule has 1 aliphatic heterocycles. The van der Waals surface area contributed by atoms with Crippen LogP contribution in [-0.4, -0.2) is 53.1 Å². The van der Waals surface area contributed by atoms with E-state index in [1.54, 1.807) is 0 Å². The molecule has 1 fully saturated rings. The fraction of sp³-hybridized carbons (Fsp3) is 0.606. The van der Waals surface area contributed by atoms with Gasteiger partial charge in [0.25, 0.3) is 8.32 Å². The van der Waals surface area contributed by atoms with Gasteiger partial charge in [0.1, 0.15) is 0 Å². The maximum Gasteiger partial charge on any atom is 0.308 e. The normalized spacial score (nSPS) is 19.9. The molecule has 0 saturated carbocycles. The molecule has 0 N–H and O–H groups in total. The van der Waals surface area contributed by atoms with Gasteiger partial charge in [-0.3, -0.25) is 4.79 Å². The van der Waals surface area contributed by atoms with Crippen LogP contribution in [0.25, 0.3) is 0 Å². The maximum atomic E-state index is 12.6. The fourth-order valence-corrected chi connectivity index (χ4v) is 11.3. The molecule has 1 heterocycles. The first kappa shape index (κ1) is 32.7. The van der Waals surface area contributed by atoms with Crippen LogP contribution in [0.3, 0.4) is 0 Å². The molecule has 5 nitrogen and oxygen atoms in total. The van der Waals surface area contributed by atoms with E-state index in [0.717, 1.165) is 0 Å². The van der Waals surface area contributed by atoms with Gasteiger partial charge in [-0.2, -0.15) is 0 Å². The zero-order valence-electron chi connectivity index (χ0n) is 26.7. The molecule has 222 valence electrons. The van der Waals surface area contributed by atoms with Crippen molar-refractivity contribution < 1.29 is 23.1 Å². The van der Waals surface area contributed by atoms with Crippen molar-refractivity contribution >= 4 is 33.0 Å². The van der Waals surface area contributed by atoms with Crippen molar-refractivity contribution in [1.82, 2.24) is 0 Å². The number of ether oxygens (including phenoxy) is 2. The Kier molecular flexibility index (Phi) is 10.00. The largest absolute Gasteiger partial charge is 0.457 e. The van der Waals surface area contributed by atoms with Gasteiger partial charge < -0.3 is 18.3 Å². The van der Waals surface area contributed by atoms with Gasteiger partial charge in [-0.1, -0.05) is 102 Å². The Hall–Kier alpha value is -1.78. The Morgan fingerprint density at radius 2 is 1.32 bits per heavy atom. The van der Waals surface area contributed by atoms with Crippen molar-refractivity contribution in [3.05, 3.63) is 60.7 Å². The Balaban J connectivity index is 1.94. The lowest BCUT2D eigenvalue weighted by molar-refractivity contribution is -0.161. The third kappa shape index (κ3) is 7.54. The molecule has 0 bridgehead atoms.